The van der Waals surface area contributed by atoms with Crippen molar-refractivity contribution >= 4 is 11.8 Å². The van der Waals surface area contributed by atoms with E-state index in [4.69, 9.17) is 4.74 Å². The predicted octanol–water partition coefficient (Wildman–Crippen LogP) is 3.48. The van der Waals surface area contributed by atoms with E-state index in [1.807, 2.05) is 30.3 Å². The van der Waals surface area contributed by atoms with Crippen molar-refractivity contribution < 1.29 is 13.9 Å². The molecule has 2 N–H and O–H groups in total. The zero-order valence-electron chi connectivity index (χ0n) is 12.1. The van der Waals surface area contributed by atoms with Crippen molar-refractivity contribution in [2.45, 2.75) is 26.4 Å². The van der Waals surface area contributed by atoms with Crippen LogP contribution in [0.25, 0.3) is 0 Å². The number of rotatable bonds is 5. The molecule has 0 aromatic heterocycles. The van der Waals surface area contributed by atoms with Crippen LogP contribution in [0.15, 0.2) is 42.2 Å². The van der Waals surface area contributed by atoms with E-state index in [0.29, 0.717) is 18.4 Å². The van der Waals surface area contributed by atoms with Gasteiger partial charge in [0.15, 0.2) is 0 Å². The lowest BCUT2D eigenvalue weighted by atomic mass is 10.2. The molecular formula is C15H21FN2O2. The molecule has 0 heterocycles. The van der Waals surface area contributed by atoms with Crippen LogP contribution in [0.4, 0.5) is 14.9 Å². The fourth-order valence-electron chi connectivity index (χ4n) is 1.41. The number of halogens is 1. The molecule has 0 bridgehead atoms. The van der Waals surface area contributed by atoms with Crippen LogP contribution in [0.2, 0.25) is 0 Å². The number of hydrogen-bond donors (Lipinski definition) is 2. The summed E-state index contributed by atoms with van der Waals surface area (Å²) < 4.78 is 17.8. The summed E-state index contributed by atoms with van der Waals surface area (Å²) >= 11 is 0. The summed E-state index contributed by atoms with van der Waals surface area (Å²) in [5, 5.41) is 5.58. The van der Waals surface area contributed by atoms with E-state index in [2.05, 4.69) is 10.6 Å². The Balaban J connectivity index is 2.36. The average Bonchev–Trinajstić information content (AvgIpc) is 2.38. The van der Waals surface area contributed by atoms with Gasteiger partial charge in [0, 0.05) is 18.8 Å². The van der Waals surface area contributed by atoms with Crippen molar-refractivity contribution in [3.63, 3.8) is 0 Å². The van der Waals surface area contributed by atoms with Crippen LogP contribution in [0.5, 0.6) is 0 Å². The number of anilines is 1. The van der Waals surface area contributed by atoms with Crippen molar-refractivity contribution in [1.29, 1.82) is 0 Å². The quantitative estimate of drug-likeness (QED) is 0.868. The van der Waals surface area contributed by atoms with Crippen molar-refractivity contribution in [3.05, 3.63) is 42.2 Å². The fourth-order valence-corrected chi connectivity index (χ4v) is 1.41. The molecule has 0 radical (unpaired) electrons. The van der Waals surface area contributed by atoms with Gasteiger partial charge in [0.2, 0.25) is 0 Å². The number of hydrogen-bond acceptors (Lipinski definition) is 3. The minimum atomic E-state index is -0.564. The van der Waals surface area contributed by atoms with E-state index < -0.39 is 11.7 Å². The van der Waals surface area contributed by atoms with Gasteiger partial charge >= 0.3 is 6.09 Å². The summed E-state index contributed by atoms with van der Waals surface area (Å²) in [7, 11) is 0. The summed E-state index contributed by atoms with van der Waals surface area (Å²) in [6, 6.07) is 9.45. The third-order valence-corrected chi connectivity index (χ3v) is 2.31. The van der Waals surface area contributed by atoms with E-state index in [-0.39, 0.29) is 6.54 Å². The van der Waals surface area contributed by atoms with E-state index in [1.165, 1.54) is 0 Å². The molecule has 1 amide bonds. The molecule has 1 aromatic carbocycles. The van der Waals surface area contributed by atoms with E-state index >= 15 is 0 Å². The van der Waals surface area contributed by atoms with Crippen LogP contribution in [0.1, 0.15) is 20.8 Å². The highest BCUT2D eigenvalue weighted by Crippen LogP contribution is 2.08. The lowest BCUT2D eigenvalue weighted by Gasteiger charge is -2.20. The third kappa shape index (κ3) is 6.78. The van der Waals surface area contributed by atoms with Gasteiger partial charge in [-0.15, -0.1) is 0 Å². The van der Waals surface area contributed by atoms with Gasteiger partial charge < -0.3 is 15.4 Å². The van der Waals surface area contributed by atoms with Crippen molar-refractivity contribution in [2.24, 2.45) is 0 Å². The first-order chi connectivity index (χ1) is 9.40. The van der Waals surface area contributed by atoms with E-state index in [1.54, 1.807) is 20.8 Å². The first kappa shape index (κ1) is 16.0. The normalized spacial score (nSPS) is 11.9. The second-order valence-electron chi connectivity index (χ2n) is 5.34. The van der Waals surface area contributed by atoms with Gasteiger partial charge in [-0.3, -0.25) is 0 Å². The van der Waals surface area contributed by atoms with Crippen LogP contribution in [-0.2, 0) is 4.74 Å². The minimum absolute atomic E-state index is 0.102. The van der Waals surface area contributed by atoms with Crippen molar-refractivity contribution in [2.75, 3.05) is 18.4 Å². The molecule has 110 valence electrons. The lowest BCUT2D eigenvalue weighted by Crippen LogP contribution is -2.34. The lowest BCUT2D eigenvalue weighted by molar-refractivity contribution is 0.0532. The number of carbonyl (C=O) groups excluding carboxylic acids is 1. The number of nitrogens with one attached hydrogen (secondary N) is 2. The molecule has 0 aliphatic heterocycles. The van der Waals surface area contributed by atoms with Gasteiger partial charge in [-0.05, 0) is 38.5 Å². The first-order valence-electron chi connectivity index (χ1n) is 6.44. The van der Waals surface area contributed by atoms with E-state index in [9.17, 15) is 9.18 Å². The summed E-state index contributed by atoms with van der Waals surface area (Å²) in [4.78, 5) is 11.4. The maximum atomic E-state index is 12.8. The maximum Gasteiger partial charge on any atom is 0.407 e. The average molecular weight is 280 g/mol. The maximum absolute atomic E-state index is 12.8. The zero-order valence-corrected chi connectivity index (χ0v) is 12.1. The molecule has 1 aromatic rings. The van der Waals surface area contributed by atoms with Gasteiger partial charge in [-0.1, -0.05) is 18.2 Å². The van der Waals surface area contributed by atoms with Crippen LogP contribution in [-0.4, -0.2) is 24.8 Å². The molecule has 0 saturated heterocycles. The number of benzene rings is 1. The highest BCUT2D eigenvalue weighted by Gasteiger charge is 2.15. The number of alkyl carbamates (subject to hydrolysis) is 1. The number of ether oxygens (including phenoxy) is 1. The highest BCUT2D eigenvalue weighted by molar-refractivity contribution is 5.68. The van der Waals surface area contributed by atoms with Gasteiger partial charge in [0.1, 0.15) is 5.60 Å². The third-order valence-electron chi connectivity index (χ3n) is 2.31. The van der Waals surface area contributed by atoms with Gasteiger partial charge in [0.05, 0.1) is 6.33 Å². The Bertz CT molecular complexity index is 453. The molecule has 5 heteroatoms. The summed E-state index contributed by atoms with van der Waals surface area (Å²) in [6.07, 6.45) is -0.0654. The SMILES string of the molecule is CC(C)(C)OC(=O)NCC(=CF)CNc1ccccc1. The molecule has 0 atom stereocenters. The van der Waals surface area contributed by atoms with Gasteiger partial charge in [0.25, 0.3) is 0 Å². The molecule has 20 heavy (non-hydrogen) atoms. The Morgan fingerprint density at radius 2 is 1.90 bits per heavy atom. The minimum Gasteiger partial charge on any atom is -0.444 e. The Hall–Kier alpha value is -2.04. The monoisotopic (exact) mass is 280 g/mol. The highest BCUT2D eigenvalue weighted by atomic mass is 19.1. The molecule has 0 aliphatic carbocycles. The van der Waals surface area contributed by atoms with Gasteiger partial charge in [-0.25, -0.2) is 9.18 Å². The summed E-state index contributed by atoms with van der Waals surface area (Å²) in [5.74, 6) is 0. The van der Waals surface area contributed by atoms with E-state index in [0.717, 1.165) is 5.69 Å². The smallest absolute Gasteiger partial charge is 0.407 e. The Kier molecular flexibility index (Phi) is 6.03. The Morgan fingerprint density at radius 1 is 1.25 bits per heavy atom. The van der Waals surface area contributed by atoms with Crippen LogP contribution >= 0.6 is 0 Å². The fraction of sp³-hybridized carbons (Fsp3) is 0.400. The van der Waals surface area contributed by atoms with Crippen LogP contribution < -0.4 is 10.6 Å². The molecule has 0 fully saturated rings. The van der Waals surface area contributed by atoms with Gasteiger partial charge in [-0.2, -0.15) is 0 Å². The zero-order chi connectivity index (χ0) is 15.0. The summed E-state index contributed by atoms with van der Waals surface area (Å²) in [5.41, 5.74) is 0.759. The number of para-hydroxylation sites is 1. The molecular weight excluding hydrogens is 259 g/mol. The largest absolute Gasteiger partial charge is 0.444 e. The van der Waals surface area contributed by atoms with Crippen molar-refractivity contribution in [1.82, 2.24) is 5.32 Å². The van der Waals surface area contributed by atoms with Crippen LogP contribution in [0.3, 0.4) is 0 Å². The molecule has 0 unspecified atom stereocenters. The summed E-state index contributed by atoms with van der Waals surface area (Å²) in [6.45, 7) is 5.74. The number of carbonyl (C=O) groups is 1. The second kappa shape index (κ2) is 7.53. The molecule has 0 aliphatic rings. The second-order valence-corrected chi connectivity index (χ2v) is 5.34. The topological polar surface area (TPSA) is 50.4 Å². The molecule has 0 spiro atoms. The molecule has 0 saturated carbocycles. The Labute approximate surface area is 119 Å². The first-order valence-corrected chi connectivity index (χ1v) is 6.44. The molecule has 4 nitrogen and oxygen atoms in total. The predicted molar refractivity (Wildman–Crippen MR) is 78.4 cm³/mol. The number of amides is 1. The Morgan fingerprint density at radius 3 is 2.45 bits per heavy atom. The molecule has 1 rings (SSSR count). The van der Waals surface area contributed by atoms with Crippen LogP contribution in [0, 0.1) is 0 Å². The van der Waals surface area contributed by atoms with Crippen molar-refractivity contribution in [3.8, 4) is 0 Å². The standard InChI is InChI=1S/C15H21FN2O2/c1-15(2,3)20-14(19)18-11-12(9-16)10-17-13-7-5-4-6-8-13/h4-9,17H,10-11H2,1-3H3,(H,18,19).